The number of alkyl halides is 2. The van der Waals surface area contributed by atoms with Gasteiger partial charge in [-0.3, -0.25) is 4.79 Å². The van der Waals surface area contributed by atoms with Crippen LogP contribution in [0.3, 0.4) is 0 Å². The first-order valence-corrected chi connectivity index (χ1v) is 6.80. The van der Waals surface area contributed by atoms with Crippen molar-refractivity contribution in [3.63, 3.8) is 0 Å². The molecule has 118 valence electrons. The van der Waals surface area contributed by atoms with Gasteiger partial charge in [0.1, 0.15) is 17.3 Å². The average molecular weight is 309 g/mol. The third kappa shape index (κ3) is 3.63. The number of aryl methyl sites for hydroxylation is 2. The van der Waals surface area contributed by atoms with E-state index in [1.54, 1.807) is 45.0 Å². The van der Waals surface area contributed by atoms with E-state index in [1.165, 1.54) is 6.07 Å². The summed E-state index contributed by atoms with van der Waals surface area (Å²) in [5.74, 6) is 0.871. The standard InChI is InChI=1S/C16H17F2NO3/c1-9-8-13(11(3)21-9)15(20)19-10(2)12-6-4-5-7-14(12)22-16(17)18/h4-8,10,16H,1-3H3,(H,19,20)/t10-/m0/s1. The molecule has 0 aliphatic rings. The van der Waals surface area contributed by atoms with Gasteiger partial charge in [0.15, 0.2) is 0 Å². The van der Waals surface area contributed by atoms with Gasteiger partial charge in [-0.05, 0) is 32.9 Å². The molecular weight excluding hydrogens is 292 g/mol. The average Bonchev–Trinajstić information content (AvgIpc) is 2.77. The van der Waals surface area contributed by atoms with Gasteiger partial charge in [0.2, 0.25) is 0 Å². The van der Waals surface area contributed by atoms with Crippen LogP contribution in [-0.4, -0.2) is 12.5 Å². The van der Waals surface area contributed by atoms with Gasteiger partial charge in [-0.2, -0.15) is 8.78 Å². The zero-order valence-corrected chi connectivity index (χ0v) is 12.5. The number of carbonyl (C=O) groups is 1. The van der Waals surface area contributed by atoms with Gasteiger partial charge in [0, 0.05) is 5.56 Å². The molecule has 0 unspecified atom stereocenters. The van der Waals surface area contributed by atoms with Crippen LogP contribution in [0.15, 0.2) is 34.7 Å². The van der Waals surface area contributed by atoms with Crippen LogP contribution in [0.5, 0.6) is 5.75 Å². The van der Waals surface area contributed by atoms with Crippen molar-refractivity contribution in [3.05, 3.63) is 53.0 Å². The highest BCUT2D eigenvalue weighted by atomic mass is 19.3. The Kier molecular flexibility index (Phi) is 4.80. The van der Waals surface area contributed by atoms with Gasteiger partial charge >= 0.3 is 6.61 Å². The second kappa shape index (κ2) is 6.60. The van der Waals surface area contributed by atoms with E-state index in [9.17, 15) is 13.6 Å². The van der Waals surface area contributed by atoms with Crippen LogP contribution >= 0.6 is 0 Å². The summed E-state index contributed by atoms with van der Waals surface area (Å²) in [6, 6.07) is 7.52. The zero-order chi connectivity index (χ0) is 16.3. The molecule has 1 N–H and O–H groups in total. The van der Waals surface area contributed by atoms with Crippen molar-refractivity contribution in [3.8, 4) is 5.75 Å². The van der Waals surface area contributed by atoms with E-state index >= 15 is 0 Å². The molecule has 1 atom stereocenters. The Bertz CT molecular complexity index is 667. The molecular formula is C16H17F2NO3. The van der Waals surface area contributed by atoms with Crippen LogP contribution in [0.2, 0.25) is 0 Å². The first kappa shape index (κ1) is 16.0. The van der Waals surface area contributed by atoms with Crippen molar-refractivity contribution in [2.24, 2.45) is 0 Å². The molecule has 0 fully saturated rings. The fourth-order valence-corrected chi connectivity index (χ4v) is 2.25. The summed E-state index contributed by atoms with van der Waals surface area (Å²) < 4.78 is 34.6. The number of benzene rings is 1. The molecule has 0 spiro atoms. The number of nitrogens with one attached hydrogen (secondary N) is 1. The molecule has 0 aliphatic carbocycles. The molecule has 1 aromatic carbocycles. The Labute approximate surface area is 127 Å². The Hall–Kier alpha value is -2.37. The Morgan fingerprint density at radius 2 is 1.95 bits per heavy atom. The molecule has 4 nitrogen and oxygen atoms in total. The van der Waals surface area contributed by atoms with E-state index in [2.05, 4.69) is 10.1 Å². The normalized spacial score (nSPS) is 12.3. The maximum atomic E-state index is 12.4. The molecule has 0 saturated heterocycles. The fraction of sp³-hybridized carbons (Fsp3) is 0.312. The van der Waals surface area contributed by atoms with E-state index in [0.29, 0.717) is 22.6 Å². The molecule has 0 aliphatic heterocycles. The van der Waals surface area contributed by atoms with Gasteiger partial charge in [-0.1, -0.05) is 18.2 Å². The fourth-order valence-electron chi connectivity index (χ4n) is 2.25. The van der Waals surface area contributed by atoms with Crippen LogP contribution in [0, 0.1) is 13.8 Å². The van der Waals surface area contributed by atoms with Gasteiger partial charge in [-0.25, -0.2) is 0 Å². The summed E-state index contributed by atoms with van der Waals surface area (Å²) in [4.78, 5) is 12.2. The molecule has 2 aromatic rings. The van der Waals surface area contributed by atoms with E-state index in [0.717, 1.165) is 0 Å². The number of rotatable bonds is 5. The highest BCUT2D eigenvalue weighted by Crippen LogP contribution is 2.26. The van der Waals surface area contributed by atoms with Crippen LogP contribution in [0.1, 0.15) is 40.4 Å². The highest BCUT2D eigenvalue weighted by Gasteiger charge is 2.19. The van der Waals surface area contributed by atoms with Crippen LogP contribution < -0.4 is 10.1 Å². The van der Waals surface area contributed by atoms with Crippen molar-refractivity contribution in [2.75, 3.05) is 0 Å². The molecule has 0 saturated carbocycles. The molecule has 1 aromatic heterocycles. The van der Waals surface area contributed by atoms with E-state index in [-0.39, 0.29) is 11.7 Å². The Morgan fingerprint density at radius 3 is 2.55 bits per heavy atom. The first-order chi connectivity index (χ1) is 10.4. The van der Waals surface area contributed by atoms with Crippen molar-refractivity contribution >= 4 is 5.91 Å². The third-order valence-corrected chi connectivity index (χ3v) is 3.23. The maximum Gasteiger partial charge on any atom is 0.387 e. The van der Waals surface area contributed by atoms with Crippen molar-refractivity contribution in [1.29, 1.82) is 0 Å². The maximum absolute atomic E-state index is 12.4. The lowest BCUT2D eigenvalue weighted by Gasteiger charge is -2.17. The van der Waals surface area contributed by atoms with E-state index in [1.807, 2.05) is 0 Å². The lowest BCUT2D eigenvalue weighted by Crippen LogP contribution is -2.27. The second-order valence-corrected chi connectivity index (χ2v) is 4.94. The minimum atomic E-state index is -2.91. The molecule has 0 bridgehead atoms. The SMILES string of the molecule is Cc1cc(C(=O)N[C@@H](C)c2ccccc2OC(F)F)c(C)o1. The summed E-state index contributed by atoms with van der Waals surface area (Å²) in [6.45, 7) is 2.23. The number of hydrogen-bond acceptors (Lipinski definition) is 3. The largest absolute Gasteiger partial charge is 0.466 e. The summed E-state index contributed by atoms with van der Waals surface area (Å²) >= 11 is 0. The Balaban J connectivity index is 2.17. The molecule has 1 amide bonds. The van der Waals surface area contributed by atoms with E-state index in [4.69, 9.17) is 4.42 Å². The molecule has 1 heterocycles. The van der Waals surface area contributed by atoms with Gasteiger partial charge in [0.05, 0.1) is 11.6 Å². The van der Waals surface area contributed by atoms with Crippen molar-refractivity contribution in [1.82, 2.24) is 5.32 Å². The second-order valence-electron chi connectivity index (χ2n) is 4.94. The number of halogens is 2. The van der Waals surface area contributed by atoms with Gasteiger partial charge in [0.25, 0.3) is 5.91 Å². The van der Waals surface area contributed by atoms with Crippen molar-refractivity contribution in [2.45, 2.75) is 33.4 Å². The highest BCUT2D eigenvalue weighted by molar-refractivity contribution is 5.95. The lowest BCUT2D eigenvalue weighted by atomic mass is 10.1. The topological polar surface area (TPSA) is 51.5 Å². The predicted molar refractivity (Wildman–Crippen MR) is 77.1 cm³/mol. The number of furan rings is 1. The van der Waals surface area contributed by atoms with Gasteiger partial charge in [-0.15, -0.1) is 0 Å². The third-order valence-electron chi connectivity index (χ3n) is 3.23. The molecule has 6 heteroatoms. The van der Waals surface area contributed by atoms with Gasteiger partial charge < -0.3 is 14.5 Å². The summed E-state index contributed by atoms with van der Waals surface area (Å²) in [5, 5.41) is 2.76. The predicted octanol–water partition coefficient (Wildman–Crippen LogP) is 3.99. The van der Waals surface area contributed by atoms with Crippen LogP contribution in [-0.2, 0) is 0 Å². The monoisotopic (exact) mass is 309 g/mol. The van der Waals surface area contributed by atoms with E-state index < -0.39 is 12.7 Å². The minimum Gasteiger partial charge on any atom is -0.466 e. The molecule has 22 heavy (non-hydrogen) atoms. The quantitative estimate of drug-likeness (QED) is 0.908. The van der Waals surface area contributed by atoms with Crippen LogP contribution in [0.4, 0.5) is 8.78 Å². The number of hydrogen-bond donors (Lipinski definition) is 1. The molecule has 2 rings (SSSR count). The number of para-hydroxylation sites is 1. The molecule has 0 radical (unpaired) electrons. The lowest BCUT2D eigenvalue weighted by molar-refractivity contribution is -0.0506. The minimum absolute atomic E-state index is 0.0467. The zero-order valence-electron chi connectivity index (χ0n) is 12.5. The van der Waals surface area contributed by atoms with Crippen LogP contribution in [0.25, 0.3) is 0 Å². The van der Waals surface area contributed by atoms with Crippen molar-refractivity contribution < 1.29 is 22.7 Å². The summed E-state index contributed by atoms with van der Waals surface area (Å²) in [5.41, 5.74) is 0.908. The first-order valence-electron chi connectivity index (χ1n) is 6.80. The Morgan fingerprint density at radius 1 is 1.27 bits per heavy atom. The number of amides is 1. The number of ether oxygens (including phenoxy) is 1. The number of carbonyl (C=O) groups excluding carboxylic acids is 1. The smallest absolute Gasteiger partial charge is 0.387 e. The summed E-state index contributed by atoms with van der Waals surface area (Å²) in [7, 11) is 0. The summed E-state index contributed by atoms with van der Waals surface area (Å²) in [6.07, 6.45) is 0.